The van der Waals surface area contributed by atoms with E-state index in [1.54, 1.807) is 30.3 Å². The predicted octanol–water partition coefficient (Wildman–Crippen LogP) is 3.55. The van der Waals surface area contributed by atoms with Gasteiger partial charge in [-0.25, -0.2) is 0 Å². The van der Waals surface area contributed by atoms with Crippen molar-refractivity contribution in [3.05, 3.63) is 131 Å². The van der Waals surface area contributed by atoms with E-state index in [0.29, 0.717) is 28.1 Å². The average Bonchev–Trinajstić information content (AvgIpc) is 3.60. The fourth-order valence-electron chi connectivity index (χ4n) is 7.83. The molecule has 2 amide bonds. The van der Waals surface area contributed by atoms with Crippen LogP contribution < -0.4 is 15.8 Å². The number of aliphatic hydroxyl groups excluding tert-OH is 2. The van der Waals surface area contributed by atoms with Crippen molar-refractivity contribution in [1.29, 1.82) is 0 Å². The van der Waals surface area contributed by atoms with E-state index in [-0.39, 0.29) is 26.2 Å². The van der Waals surface area contributed by atoms with Crippen molar-refractivity contribution >= 4 is 23.5 Å². The molecule has 10 heteroatoms. The number of hydrogen-bond donors (Lipinski definition) is 4. The zero-order valence-electron chi connectivity index (χ0n) is 26.5. The van der Waals surface area contributed by atoms with Crippen molar-refractivity contribution in [2.45, 2.75) is 36.1 Å². The number of amides is 2. The molecule has 1 spiro atoms. The van der Waals surface area contributed by atoms with Gasteiger partial charge in [0.25, 0.3) is 0 Å². The third-order valence-corrected chi connectivity index (χ3v) is 9.64. The number of morpholine rings is 1. The van der Waals surface area contributed by atoms with Crippen LogP contribution in [0.15, 0.2) is 103 Å². The highest BCUT2D eigenvalue weighted by atomic mass is 16.6. The summed E-state index contributed by atoms with van der Waals surface area (Å²) < 4.78 is 11.9. The molecular weight excluding hydrogens is 622 g/mol. The van der Waals surface area contributed by atoms with Crippen LogP contribution in [0.3, 0.4) is 0 Å². The summed E-state index contributed by atoms with van der Waals surface area (Å²) in [5, 5.41) is 21.6. The number of nitrogens with one attached hydrogen (secondary N) is 1. The largest absolute Gasteiger partial charge is 0.491 e. The molecule has 2 saturated heterocycles. The molecule has 2 fully saturated rings. The Balaban J connectivity index is 1.52. The Bertz CT molecular complexity index is 1940. The number of carbonyl (C=O) groups excluding carboxylic acids is 3. The number of nitrogens with two attached hydrogens (primary N) is 1. The molecule has 7 rings (SSSR count). The molecule has 6 unspecified atom stereocenters. The van der Waals surface area contributed by atoms with Gasteiger partial charge in [-0.05, 0) is 52.6 Å². The second-order valence-electron chi connectivity index (χ2n) is 12.3. The van der Waals surface area contributed by atoms with Crippen molar-refractivity contribution in [3.8, 4) is 17.6 Å². The summed E-state index contributed by atoms with van der Waals surface area (Å²) >= 11 is 0. The SMILES string of the molecule is NC(=O)C1C2C(=O)OC(c3ccccc3)C(c3ccccc3)N2C(c2ccc(OCCO)cc2)C12C(=O)Nc1ccc(C#CCCO)cc12. The monoisotopic (exact) mass is 657 g/mol. The molecule has 248 valence electrons. The van der Waals surface area contributed by atoms with Gasteiger partial charge >= 0.3 is 5.97 Å². The van der Waals surface area contributed by atoms with E-state index in [1.807, 2.05) is 77.7 Å². The first-order valence-electron chi connectivity index (χ1n) is 16.2. The fourth-order valence-corrected chi connectivity index (χ4v) is 7.83. The lowest BCUT2D eigenvalue weighted by Crippen LogP contribution is -2.53. The van der Waals surface area contributed by atoms with Crippen LogP contribution in [-0.4, -0.2) is 58.8 Å². The molecular formula is C39H35N3O7. The number of aliphatic hydroxyl groups is 2. The van der Waals surface area contributed by atoms with Crippen molar-refractivity contribution in [1.82, 2.24) is 4.90 Å². The van der Waals surface area contributed by atoms with Crippen molar-refractivity contribution < 1.29 is 34.1 Å². The van der Waals surface area contributed by atoms with Crippen LogP contribution in [-0.2, 0) is 24.5 Å². The van der Waals surface area contributed by atoms with E-state index in [1.165, 1.54) is 0 Å². The summed E-state index contributed by atoms with van der Waals surface area (Å²) in [5.41, 5.74) is 8.38. The molecule has 3 aliphatic rings. The van der Waals surface area contributed by atoms with Gasteiger partial charge in [-0.2, -0.15) is 0 Å². The van der Waals surface area contributed by atoms with Crippen molar-refractivity contribution in [3.63, 3.8) is 0 Å². The van der Waals surface area contributed by atoms with Crippen LogP contribution in [0.1, 0.15) is 52.4 Å². The minimum absolute atomic E-state index is 0.0984. The van der Waals surface area contributed by atoms with E-state index >= 15 is 0 Å². The number of rotatable bonds is 8. The maximum Gasteiger partial charge on any atom is 0.324 e. The molecule has 49 heavy (non-hydrogen) atoms. The molecule has 3 aliphatic heterocycles. The topological polar surface area (TPSA) is 151 Å². The van der Waals surface area contributed by atoms with Crippen LogP contribution in [0.25, 0.3) is 0 Å². The normalized spacial score (nSPS) is 25.5. The zero-order chi connectivity index (χ0) is 34.1. The number of primary amides is 1. The minimum atomic E-state index is -1.67. The molecule has 5 N–H and O–H groups in total. The highest BCUT2D eigenvalue weighted by molar-refractivity contribution is 6.12. The highest BCUT2D eigenvalue weighted by Crippen LogP contribution is 2.64. The Hall–Kier alpha value is -5.47. The third kappa shape index (κ3) is 5.33. The van der Waals surface area contributed by atoms with Gasteiger partial charge in [0.1, 0.15) is 29.9 Å². The van der Waals surface area contributed by atoms with E-state index in [0.717, 1.165) is 11.1 Å². The summed E-state index contributed by atoms with van der Waals surface area (Å²) in [7, 11) is 0. The zero-order valence-corrected chi connectivity index (χ0v) is 26.5. The standard InChI is InChI=1S/C39H35N3O7/c40-36(45)31-33-37(46)49-34(26-12-5-2-6-13-26)32(25-10-3-1-4-11-25)42(33)35(27-15-17-28(18-16-27)48-22-21-44)39(31)29-23-24(9-7-8-20-43)14-19-30(29)41-38(39)47/h1-6,10-19,23,31-35,43-44H,8,20-22H2,(H2,40,45)(H,41,47). The molecule has 0 aliphatic carbocycles. The summed E-state index contributed by atoms with van der Waals surface area (Å²) in [6.45, 7) is -0.166. The summed E-state index contributed by atoms with van der Waals surface area (Å²) in [6, 6.07) is 28.6. The molecule has 0 radical (unpaired) electrons. The average molecular weight is 658 g/mol. The molecule has 4 aromatic carbocycles. The maximum absolute atomic E-state index is 14.8. The molecule has 10 nitrogen and oxygen atoms in total. The Labute approximate surface area is 283 Å². The number of ether oxygens (including phenoxy) is 2. The van der Waals surface area contributed by atoms with E-state index in [4.69, 9.17) is 15.2 Å². The van der Waals surface area contributed by atoms with Crippen LogP contribution in [0.2, 0.25) is 0 Å². The van der Waals surface area contributed by atoms with E-state index in [2.05, 4.69) is 17.2 Å². The number of nitrogens with zero attached hydrogens (tertiary/aromatic N) is 1. The van der Waals surface area contributed by atoms with Gasteiger partial charge < -0.3 is 30.7 Å². The fraction of sp³-hybridized carbons (Fsp3) is 0.256. The molecule has 3 heterocycles. The third-order valence-electron chi connectivity index (χ3n) is 9.64. The number of hydrogen-bond acceptors (Lipinski definition) is 8. The van der Waals surface area contributed by atoms with Gasteiger partial charge in [-0.1, -0.05) is 84.6 Å². The predicted molar refractivity (Wildman–Crippen MR) is 180 cm³/mol. The number of carbonyl (C=O) groups is 3. The van der Waals surface area contributed by atoms with Crippen LogP contribution in [0.4, 0.5) is 5.69 Å². The molecule has 4 aromatic rings. The summed E-state index contributed by atoms with van der Waals surface area (Å²) in [6.07, 6.45) is -0.525. The van der Waals surface area contributed by atoms with E-state index < -0.39 is 53.3 Å². The van der Waals surface area contributed by atoms with Crippen molar-refractivity contribution in [2.24, 2.45) is 11.7 Å². The molecule has 0 saturated carbocycles. The van der Waals surface area contributed by atoms with Gasteiger partial charge in [0.05, 0.1) is 31.2 Å². The van der Waals surface area contributed by atoms with Gasteiger partial charge in [0.15, 0.2) is 0 Å². The number of benzene rings is 4. The van der Waals surface area contributed by atoms with E-state index in [9.17, 15) is 24.6 Å². The quantitative estimate of drug-likeness (QED) is 0.166. The molecule has 0 aromatic heterocycles. The Morgan fingerprint density at radius 3 is 2.22 bits per heavy atom. The minimum Gasteiger partial charge on any atom is -0.491 e. The molecule has 0 bridgehead atoms. The highest BCUT2D eigenvalue weighted by Gasteiger charge is 2.73. The van der Waals surface area contributed by atoms with Crippen molar-refractivity contribution in [2.75, 3.05) is 25.1 Å². The van der Waals surface area contributed by atoms with Crippen LogP contribution in [0.5, 0.6) is 5.75 Å². The van der Waals surface area contributed by atoms with Gasteiger partial charge in [0.2, 0.25) is 11.8 Å². The Kier molecular flexibility index (Phi) is 8.65. The smallest absolute Gasteiger partial charge is 0.324 e. The van der Waals surface area contributed by atoms with Gasteiger partial charge in [0, 0.05) is 17.7 Å². The van der Waals surface area contributed by atoms with Gasteiger partial charge in [-0.15, -0.1) is 0 Å². The first-order valence-corrected chi connectivity index (χ1v) is 16.2. The number of esters is 1. The number of anilines is 1. The lowest BCUT2D eigenvalue weighted by molar-refractivity contribution is -0.178. The lowest BCUT2D eigenvalue weighted by atomic mass is 9.65. The lowest BCUT2D eigenvalue weighted by Gasteiger charge is -2.46. The van der Waals surface area contributed by atoms with Crippen LogP contribution >= 0.6 is 0 Å². The van der Waals surface area contributed by atoms with Gasteiger partial charge in [-0.3, -0.25) is 19.3 Å². The first kappa shape index (κ1) is 32.1. The Morgan fingerprint density at radius 1 is 0.878 bits per heavy atom. The summed E-state index contributed by atoms with van der Waals surface area (Å²) in [5.74, 6) is 3.21. The second kappa shape index (κ2) is 13.2. The van der Waals surface area contributed by atoms with Crippen LogP contribution in [0, 0.1) is 17.8 Å². The maximum atomic E-state index is 14.8. The second-order valence-corrected chi connectivity index (χ2v) is 12.3. The number of fused-ring (bicyclic) bond motifs is 3. The first-order chi connectivity index (χ1) is 23.9. The number of cyclic esters (lactones) is 1. The molecule has 6 atom stereocenters. The summed E-state index contributed by atoms with van der Waals surface area (Å²) in [4.78, 5) is 45.0. The Morgan fingerprint density at radius 2 is 1.57 bits per heavy atom.